The SMILES string of the molecule is CCCCCCC/C=C/CC/C=C/CC/C=C/C(O)C(COC1OC(CO)C(OC2OC(CO)C(O)C(O)C2O)C(O)C1O)NC(=O)CCCCCCC. The molecule has 12 unspecified atom stereocenters. The van der Waals surface area contributed by atoms with Crippen molar-refractivity contribution in [1.82, 2.24) is 5.32 Å². The number of aliphatic hydroxyl groups excluding tert-OH is 8. The molecule has 0 aliphatic carbocycles. The molecule has 2 rings (SSSR count). The van der Waals surface area contributed by atoms with Crippen LogP contribution in [-0.4, -0.2) is 140 Å². The Balaban J connectivity index is 1.94. The second-order valence-corrected chi connectivity index (χ2v) is 14.4. The molecule has 314 valence electrons. The lowest BCUT2D eigenvalue weighted by Gasteiger charge is -2.46. The molecule has 12 atom stereocenters. The van der Waals surface area contributed by atoms with Crippen molar-refractivity contribution in [2.24, 2.45) is 0 Å². The molecule has 0 saturated carbocycles. The molecule has 14 nitrogen and oxygen atoms in total. The average Bonchev–Trinajstić information content (AvgIpc) is 3.17. The van der Waals surface area contributed by atoms with E-state index >= 15 is 0 Å². The van der Waals surface area contributed by atoms with Gasteiger partial charge in [0.15, 0.2) is 12.6 Å². The summed E-state index contributed by atoms with van der Waals surface area (Å²) in [6, 6.07) is -0.929. The zero-order valence-electron chi connectivity index (χ0n) is 32.4. The van der Waals surface area contributed by atoms with Crippen molar-refractivity contribution in [1.29, 1.82) is 0 Å². The van der Waals surface area contributed by atoms with Crippen LogP contribution in [0.5, 0.6) is 0 Å². The summed E-state index contributed by atoms with van der Waals surface area (Å²) in [6.07, 6.45) is 11.1. The molecule has 2 aliphatic heterocycles. The lowest BCUT2D eigenvalue weighted by molar-refractivity contribution is -0.359. The van der Waals surface area contributed by atoms with E-state index < -0.39 is 86.8 Å². The number of nitrogens with one attached hydrogen (secondary N) is 1. The maximum atomic E-state index is 12.8. The van der Waals surface area contributed by atoms with Crippen molar-refractivity contribution in [3.8, 4) is 0 Å². The van der Waals surface area contributed by atoms with Gasteiger partial charge in [-0.3, -0.25) is 4.79 Å². The molecule has 9 N–H and O–H groups in total. The highest BCUT2D eigenvalue weighted by Crippen LogP contribution is 2.29. The van der Waals surface area contributed by atoms with Gasteiger partial charge in [0, 0.05) is 6.42 Å². The Morgan fingerprint density at radius 2 is 1.19 bits per heavy atom. The molecule has 54 heavy (non-hydrogen) atoms. The van der Waals surface area contributed by atoms with Gasteiger partial charge in [-0.15, -0.1) is 0 Å². The first-order valence-corrected chi connectivity index (χ1v) is 20.2. The van der Waals surface area contributed by atoms with Crippen LogP contribution in [-0.2, 0) is 23.7 Å². The molecule has 1 amide bonds. The van der Waals surface area contributed by atoms with Crippen LogP contribution in [0.15, 0.2) is 36.5 Å². The van der Waals surface area contributed by atoms with E-state index in [-0.39, 0.29) is 18.9 Å². The maximum absolute atomic E-state index is 12.8. The average molecular weight is 774 g/mol. The number of carbonyl (C=O) groups excluding carboxylic acids is 1. The fourth-order valence-corrected chi connectivity index (χ4v) is 6.38. The molecule has 2 fully saturated rings. The number of amides is 1. The Hall–Kier alpha value is -1.79. The number of rotatable bonds is 28. The van der Waals surface area contributed by atoms with Gasteiger partial charge >= 0.3 is 0 Å². The van der Waals surface area contributed by atoms with Gasteiger partial charge in [-0.25, -0.2) is 0 Å². The van der Waals surface area contributed by atoms with Crippen LogP contribution in [0.4, 0.5) is 0 Å². The third-order valence-electron chi connectivity index (χ3n) is 9.81. The van der Waals surface area contributed by atoms with Crippen LogP contribution in [0.1, 0.15) is 117 Å². The Kier molecular flexibility index (Phi) is 25.6. The molecule has 0 aromatic heterocycles. The van der Waals surface area contributed by atoms with Gasteiger partial charge in [0.05, 0.1) is 32.0 Å². The van der Waals surface area contributed by atoms with Crippen LogP contribution in [0, 0.1) is 0 Å². The van der Waals surface area contributed by atoms with E-state index in [1.54, 1.807) is 6.08 Å². The molecular weight excluding hydrogens is 702 g/mol. The Morgan fingerprint density at radius 1 is 0.648 bits per heavy atom. The molecule has 0 radical (unpaired) electrons. The van der Waals surface area contributed by atoms with Gasteiger partial charge in [-0.05, 0) is 44.9 Å². The first-order valence-electron chi connectivity index (χ1n) is 20.2. The maximum Gasteiger partial charge on any atom is 0.220 e. The van der Waals surface area contributed by atoms with Gasteiger partial charge in [0.25, 0.3) is 0 Å². The van der Waals surface area contributed by atoms with E-state index in [1.807, 2.05) is 6.08 Å². The molecule has 2 saturated heterocycles. The number of hydrogen-bond donors (Lipinski definition) is 9. The highest BCUT2D eigenvalue weighted by molar-refractivity contribution is 5.76. The first kappa shape index (κ1) is 48.4. The van der Waals surface area contributed by atoms with Crippen molar-refractivity contribution < 1.29 is 64.6 Å². The first-order chi connectivity index (χ1) is 26.1. The van der Waals surface area contributed by atoms with Gasteiger partial charge in [0.1, 0.15) is 48.8 Å². The van der Waals surface area contributed by atoms with Crippen LogP contribution < -0.4 is 5.32 Å². The van der Waals surface area contributed by atoms with Crippen molar-refractivity contribution >= 4 is 5.91 Å². The summed E-state index contributed by atoms with van der Waals surface area (Å²) >= 11 is 0. The van der Waals surface area contributed by atoms with Crippen molar-refractivity contribution in [2.75, 3.05) is 19.8 Å². The standard InChI is InChI=1S/C40H71NO13/c1-3-5-7-9-10-11-12-13-14-15-16-17-18-20-21-23-29(44)28(41-32(45)24-22-19-8-6-4-2)27-51-39-37(50)35(48)38(31(26-43)53-39)54-40-36(49)34(47)33(46)30(25-42)52-40/h12-13,16-17,21,23,28-31,33-40,42-44,46-50H,3-11,14-15,18-20,22,24-27H2,1-2H3,(H,41,45)/b13-12+,17-16+,23-21+. The van der Waals surface area contributed by atoms with Gasteiger partial charge in [-0.2, -0.15) is 0 Å². The number of hydrogen-bond acceptors (Lipinski definition) is 13. The number of ether oxygens (including phenoxy) is 4. The van der Waals surface area contributed by atoms with E-state index in [1.165, 1.54) is 32.1 Å². The minimum atomic E-state index is -1.79. The molecular formula is C40H71NO13. The third-order valence-corrected chi connectivity index (χ3v) is 9.81. The summed E-state index contributed by atoms with van der Waals surface area (Å²) in [7, 11) is 0. The van der Waals surface area contributed by atoms with Crippen LogP contribution in [0.2, 0.25) is 0 Å². The van der Waals surface area contributed by atoms with E-state index in [9.17, 15) is 45.6 Å². The lowest BCUT2D eigenvalue weighted by atomic mass is 9.97. The minimum absolute atomic E-state index is 0.264. The predicted molar refractivity (Wildman–Crippen MR) is 203 cm³/mol. The van der Waals surface area contributed by atoms with Crippen LogP contribution in [0.25, 0.3) is 0 Å². The van der Waals surface area contributed by atoms with Crippen LogP contribution in [0.3, 0.4) is 0 Å². The number of aliphatic hydroxyl groups is 8. The van der Waals surface area contributed by atoms with E-state index in [0.29, 0.717) is 12.8 Å². The van der Waals surface area contributed by atoms with Crippen molar-refractivity contribution in [3.63, 3.8) is 0 Å². The largest absolute Gasteiger partial charge is 0.394 e. The highest BCUT2D eigenvalue weighted by atomic mass is 16.7. The molecule has 2 heterocycles. The smallest absolute Gasteiger partial charge is 0.220 e. The third kappa shape index (κ3) is 17.6. The number of unbranched alkanes of at least 4 members (excludes halogenated alkanes) is 11. The highest BCUT2D eigenvalue weighted by Gasteiger charge is 2.50. The van der Waals surface area contributed by atoms with Gasteiger partial charge < -0.3 is 65.1 Å². The fourth-order valence-electron chi connectivity index (χ4n) is 6.38. The van der Waals surface area contributed by atoms with Crippen LogP contribution >= 0.6 is 0 Å². The molecule has 0 aromatic carbocycles. The fraction of sp³-hybridized carbons (Fsp3) is 0.825. The lowest BCUT2D eigenvalue weighted by Crippen LogP contribution is -2.65. The number of allylic oxidation sites excluding steroid dienone is 5. The normalized spacial score (nSPS) is 30.4. The second kappa shape index (κ2) is 28.6. The molecule has 14 heteroatoms. The summed E-state index contributed by atoms with van der Waals surface area (Å²) in [5.74, 6) is -0.271. The number of carbonyl (C=O) groups is 1. The summed E-state index contributed by atoms with van der Waals surface area (Å²) < 4.78 is 22.4. The zero-order valence-corrected chi connectivity index (χ0v) is 32.4. The summed E-state index contributed by atoms with van der Waals surface area (Å²) in [5, 5.41) is 85.8. The van der Waals surface area contributed by atoms with Crippen molar-refractivity contribution in [3.05, 3.63) is 36.5 Å². The predicted octanol–water partition coefficient (Wildman–Crippen LogP) is 2.42. The molecule has 0 aromatic rings. The van der Waals surface area contributed by atoms with E-state index in [2.05, 4.69) is 43.5 Å². The summed E-state index contributed by atoms with van der Waals surface area (Å²) in [4.78, 5) is 12.8. The monoisotopic (exact) mass is 773 g/mol. The Bertz CT molecular complexity index is 1060. The topological polar surface area (TPSA) is 228 Å². The molecule has 0 bridgehead atoms. The Morgan fingerprint density at radius 3 is 1.80 bits per heavy atom. The summed E-state index contributed by atoms with van der Waals surface area (Å²) in [6.45, 7) is 2.59. The Labute approximate surface area is 321 Å². The van der Waals surface area contributed by atoms with E-state index in [4.69, 9.17) is 18.9 Å². The minimum Gasteiger partial charge on any atom is -0.394 e. The van der Waals surface area contributed by atoms with Gasteiger partial charge in [-0.1, -0.05) is 102 Å². The molecule has 0 spiro atoms. The van der Waals surface area contributed by atoms with E-state index in [0.717, 1.165) is 51.4 Å². The zero-order chi connectivity index (χ0) is 39.7. The quantitative estimate of drug-likeness (QED) is 0.0412. The molecule has 2 aliphatic rings. The second-order valence-electron chi connectivity index (χ2n) is 14.4. The van der Waals surface area contributed by atoms with Gasteiger partial charge in [0.2, 0.25) is 5.91 Å². The van der Waals surface area contributed by atoms with Crippen molar-refractivity contribution in [2.45, 2.75) is 190 Å². The summed E-state index contributed by atoms with van der Waals surface area (Å²) in [5.41, 5.74) is 0.